The molecular formula is C18H19N3O4S. The minimum Gasteiger partial charge on any atom is -0.324 e. The summed E-state index contributed by atoms with van der Waals surface area (Å²) in [5.74, 6) is -1.79. The van der Waals surface area contributed by atoms with Gasteiger partial charge in [-0.3, -0.25) is 14.3 Å². The third kappa shape index (κ3) is 3.41. The summed E-state index contributed by atoms with van der Waals surface area (Å²) in [6, 6.07) is 11.3. The summed E-state index contributed by atoms with van der Waals surface area (Å²) in [5, 5.41) is 5.20. The lowest BCUT2D eigenvalue weighted by atomic mass is 10.1. The highest BCUT2D eigenvalue weighted by atomic mass is 32.2. The van der Waals surface area contributed by atoms with Crippen molar-refractivity contribution >= 4 is 38.9 Å². The highest BCUT2D eigenvalue weighted by Gasteiger charge is 2.28. The molecule has 1 atom stereocenters. The van der Waals surface area contributed by atoms with Crippen LogP contribution >= 0.6 is 0 Å². The van der Waals surface area contributed by atoms with Crippen LogP contribution in [-0.2, 0) is 26.0 Å². The topological polar surface area (TPSA) is 104 Å². The molecule has 0 saturated carbocycles. The van der Waals surface area contributed by atoms with Crippen molar-refractivity contribution in [1.82, 2.24) is 0 Å². The van der Waals surface area contributed by atoms with Crippen LogP contribution < -0.4 is 15.4 Å². The highest BCUT2D eigenvalue weighted by molar-refractivity contribution is 7.92. The Hall–Kier alpha value is -2.87. The van der Waals surface area contributed by atoms with E-state index in [0.717, 1.165) is 5.56 Å². The molecule has 8 heteroatoms. The Morgan fingerprint density at radius 3 is 2.35 bits per heavy atom. The predicted molar refractivity (Wildman–Crippen MR) is 99.5 cm³/mol. The molecule has 7 nitrogen and oxygen atoms in total. The van der Waals surface area contributed by atoms with Crippen molar-refractivity contribution in [3.63, 3.8) is 0 Å². The van der Waals surface area contributed by atoms with E-state index in [2.05, 4.69) is 15.4 Å². The highest BCUT2D eigenvalue weighted by Crippen LogP contribution is 2.30. The van der Waals surface area contributed by atoms with Gasteiger partial charge < -0.3 is 10.6 Å². The Bertz CT molecular complexity index is 986. The maximum atomic E-state index is 12.7. The summed E-state index contributed by atoms with van der Waals surface area (Å²) in [5.41, 5.74) is 2.00. The van der Waals surface area contributed by atoms with Gasteiger partial charge in [-0.1, -0.05) is 25.1 Å². The molecule has 3 N–H and O–H groups in total. The largest absolute Gasteiger partial charge is 0.324 e. The molecular weight excluding hydrogens is 354 g/mol. The second-order valence-corrected chi connectivity index (χ2v) is 7.71. The average Bonchev–Trinajstić information content (AvgIpc) is 2.72. The lowest BCUT2D eigenvalue weighted by Crippen LogP contribution is -2.28. The first kappa shape index (κ1) is 17.9. The molecule has 2 aromatic carbocycles. The van der Waals surface area contributed by atoms with E-state index in [1.54, 1.807) is 12.1 Å². The number of benzene rings is 2. The zero-order valence-corrected chi connectivity index (χ0v) is 15.2. The molecule has 136 valence electrons. The molecule has 0 aliphatic carbocycles. The van der Waals surface area contributed by atoms with Crippen LogP contribution in [0.15, 0.2) is 47.4 Å². The summed E-state index contributed by atoms with van der Waals surface area (Å²) >= 11 is 0. The zero-order valence-electron chi connectivity index (χ0n) is 14.4. The van der Waals surface area contributed by atoms with E-state index in [-0.39, 0.29) is 10.6 Å². The van der Waals surface area contributed by atoms with E-state index < -0.39 is 27.8 Å². The summed E-state index contributed by atoms with van der Waals surface area (Å²) in [6.07, 6.45) is 0.683. The number of nitrogens with one attached hydrogen (secondary N) is 3. The normalized spacial score (nSPS) is 16.9. The average molecular weight is 373 g/mol. The summed E-state index contributed by atoms with van der Waals surface area (Å²) in [4.78, 5) is 23.9. The lowest BCUT2D eigenvalue weighted by Gasteiger charge is -2.13. The standard InChI is InChI=1S/C18H19N3O4S/c1-3-12-6-4-5-7-14(12)21-26(24,25)13-8-9-15-16(10-13)20-18(23)11(2)17(22)19-15/h4-11,21H,3H2,1-2H3,(H,19,22)(H,20,23)/t11-/m1/s1. The summed E-state index contributed by atoms with van der Waals surface area (Å²) in [6.45, 7) is 3.42. The molecule has 1 heterocycles. The number of fused-ring (bicyclic) bond motifs is 1. The van der Waals surface area contributed by atoms with Gasteiger partial charge in [0.1, 0.15) is 5.92 Å². The SMILES string of the molecule is CCc1ccccc1NS(=O)(=O)c1ccc2c(c1)NC(=O)[C@H](C)C(=O)N2. The summed E-state index contributed by atoms with van der Waals surface area (Å²) < 4.78 is 28.1. The van der Waals surface area contributed by atoms with Crippen LogP contribution in [0.2, 0.25) is 0 Å². The van der Waals surface area contributed by atoms with Crippen molar-refractivity contribution in [2.45, 2.75) is 25.2 Å². The summed E-state index contributed by atoms with van der Waals surface area (Å²) in [7, 11) is -3.85. The Labute approximate surface area is 151 Å². The van der Waals surface area contributed by atoms with Crippen LogP contribution in [0.5, 0.6) is 0 Å². The Balaban J connectivity index is 1.96. The number of aryl methyl sites for hydroxylation is 1. The van der Waals surface area contributed by atoms with Crippen LogP contribution in [0.4, 0.5) is 17.1 Å². The Morgan fingerprint density at radius 1 is 1.00 bits per heavy atom. The first-order chi connectivity index (χ1) is 12.3. The predicted octanol–water partition coefficient (Wildman–Crippen LogP) is 2.58. The third-order valence-electron chi connectivity index (χ3n) is 4.25. The first-order valence-corrected chi connectivity index (χ1v) is 9.66. The van der Waals surface area contributed by atoms with Gasteiger partial charge in [-0.25, -0.2) is 8.42 Å². The first-order valence-electron chi connectivity index (χ1n) is 8.18. The second kappa shape index (κ2) is 6.80. The van der Waals surface area contributed by atoms with Crippen LogP contribution in [-0.4, -0.2) is 20.2 Å². The van der Waals surface area contributed by atoms with Gasteiger partial charge in [0.05, 0.1) is 22.0 Å². The third-order valence-corrected chi connectivity index (χ3v) is 5.61. The molecule has 2 aromatic rings. The van der Waals surface area contributed by atoms with E-state index in [1.807, 2.05) is 19.1 Å². The molecule has 3 rings (SSSR count). The maximum absolute atomic E-state index is 12.7. The van der Waals surface area contributed by atoms with Gasteiger partial charge in [-0.05, 0) is 43.2 Å². The van der Waals surface area contributed by atoms with Gasteiger partial charge >= 0.3 is 0 Å². The number of hydrogen-bond acceptors (Lipinski definition) is 4. The van der Waals surface area contributed by atoms with Gasteiger partial charge in [0.15, 0.2) is 0 Å². The van der Waals surface area contributed by atoms with E-state index >= 15 is 0 Å². The van der Waals surface area contributed by atoms with Crippen LogP contribution in [0.25, 0.3) is 0 Å². The van der Waals surface area contributed by atoms with Gasteiger partial charge in [0, 0.05) is 0 Å². The Morgan fingerprint density at radius 2 is 1.65 bits per heavy atom. The minimum atomic E-state index is -3.85. The molecule has 1 aliphatic heterocycles. The number of hydrogen-bond donors (Lipinski definition) is 3. The van der Waals surface area contributed by atoms with E-state index in [0.29, 0.717) is 17.8 Å². The number of para-hydroxylation sites is 1. The number of amides is 2. The molecule has 0 radical (unpaired) electrons. The second-order valence-electron chi connectivity index (χ2n) is 6.02. The number of sulfonamides is 1. The van der Waals surface area contributed by atoms with Gasteiger partial charge in [-0.15, -0.1) is 0 Å². The van der Waals surface area contributed by atoms with E-state index in [4.69, 9.17) is 0 Å². The molecule has 0 bridgehead atoms. The van der Waals surface area contributed by atoms with Crippen LogP contribution in [0.1, 0.15) is 19.4 Å². The minimum absolute atomic E-state index is 0.00809. The molecule has 2 amide bonds. The van der Waals surface area contributed by atoms with Crippen molar-refractivity contribution in [1.29, 1.82) is 0 Å². The van der Waals surface area contributed by atoms with Crippen molar-refractivity contribution in [2.75, 3.05) is 15.4 Å². The number of carbonyl (C=O) groups excluding carboxylic acids is 2. The molecule has 26 heavy (non-hydrogen) atoms. The fourth-order valence-electron chi connectivity index (χ4n) is 2.64. The fourth-order valence-corrected chi connectivity index (χ4v) is 3.76. The van der Waals surface area contributed by atoms with E-state index in [9.17, 15) is 18.0 Å². The van der Waals surface area contributed by atoms with Gasteiger partial charge in [0.25, 0.3) is 10.0 Å². The van der Waals surface area contributed by atoms with Crippen molar-refractivity contribution in [3.05, 3.63) is 48.0 Å². The molecule has 1 aliphatic rings. The molecule has 0 fully saturated rings. The smallest absolute Gasteiger partial charge is 0.261 e. The van der Waals surface area contributed by atoms with Gasteiger partial charge in [0.2, 0.25) is 11.8 Å². The Kier molecular flexibility index (Phi) is 4.69. The van der Waals surface area contributed by atoms with Crippen molar-refractivity contribution < 1.29 is 18.0 Å². The van der Waals surface area contributed by atoms with Crippen molar-refractivity contribution in [2.24, 2.45) is 5.92 Å². The van der Waals surface area contributed by atoms with Crippen LogP contribution in [0, 0.1) is 5.92 Å². The number of anilines is 3. The molecule has 0 aromatic heterocycles. The van der Waals surface area contributed by atoms with Crippen LogP contribution in [0.3, 0.4) is 0 Å². The zero-order chi connectivity index (χ0) is 18.9. The fraction of sp³-hybridized carbons (Fsp3) is 0.222. The maximum Gasteiger partial charge on any atom is 0.261 e. The number of carbonyl (C=O) groups is 2. The molecule has 0 spiro atoms. The lowest BCUT2D eigenvalue weighted by molar-refractivity contribution is -0.128. The molecule has 0 saturated heterocycles. The number of rotatable bonds is 4. The monoisotopic (exact) mass is 373 g/mol. The quantitative estimate of drug-likeness (QED) is 0.717. The molecule has 0 unspecified atom stereocenters. The van der Waals surface area contributed by atoms with Crippen molar-refractivity contribution in [3.8, 4) is 0 Å². The van der Waals surface area contributed by atoms with Gasteiger partial charge in [-0.2, -0.15) is 0 Å². The van der Waals surface area contributed by atoms with E-state index in [1.165, 1.54) is 25.1 Å².